The Morgan fingerprint density at radius 1 is 1.26 bits per heavy atom. The molecule has 0 spiro atoms. The molecule has 102 valence electrons. The molecule has 1 aromatic heterocycles. The lowest BCUT2D eigenvalue weighted by Gasteiger charge is -2.06. The SMILES string of the molecule is CCCc1c(C(C)C)nn(-c2ccccc2C)c1O. The second kappa shape index (κ2) is 5.47. The molecule has 3 heteroatoms. The van der Waals surface area contributed by atoms with E-state index in [-0.39, 0.29) is 0 Å². The van der Waals surface area contributed by atoms with Crippen molar-refractivity contribution in [1.29, 1.82) is 0 Å². The number of aromatic nitrogens is 2. The van der Waals surface area contributed by atoms with Crippen molar-refractivity contribution in [2.75, 3.05) is 0 Å². The molecule has 0 saturated carbocycles. The maximum atomic E-state index is 10.5. The Morgan fingerprint density at radius 2 is 1.95 bits per heavy atom. The van der Waals surface area contributed by atoms with Crippen LogP contribution in [0.3, 0.4) is 0 Å². The van der Waals surface area contributed by atoms with Crippen LogP contribution in [-0.2, 0) is 6.42 Å². The van der Waals surface area contributed by atoms with Crippen LogP contribution in [0, 0.1) is 6.92 Å². The van der Waals surface area contributed by atoms with Crippen LogP contribution >= 0.6 is 0 Å². The number of rotatable bonds is 4. The molecule has 0 bridgehead atoms. The van der Waals surface area contributed by atoms with Crippen LogP contribution in [0.2, 0.25) is 0 Å². The van der Waals surface area contributed by atoms with E-state index < -0.39 is 0 Å². The van der Waals surface area contributed by atoms with Gasteiger partial charge in [-0.15, -0.1) is 0 Å². The minimum Gasteiger partial charge on any atom is -0.493 e. The predicted octanol–water partition coefficient (Wildman–Crippen LogP) is 3.96. The zero-order valence-corrected chi connectivity index (χ0v) is 12.1. The molecule has 0 fully saturated rings. The van der Waals surface area contributed by atoms with E-state index >= 15 is 0 Å². The molecule has 0 aliphatic carbocycles. The van der Waals surface area contributed by atoms with Gasteiger partial charge < -0.3 is 5.11 Å². The van der Waals surface area contributed by atoms with Gasteiger partial charge in [-0.3, -0.25) is 0 Å². The van der Waals surface area contributed by atoms with Crippen molar-refractivity contribution < 1.29 is 5.11 Å². The maximum Gasteiger partial charge on any atom is 0.217 e. The van der Waals surface area contributed by atoms with Crippen LogP contribution in [0.1, 0.15) is 49.9 Å². The van der Waals surface area contributed by atoms with E-state index in [1.54, 1.807) is 4.68 Å². The van der Waals surface area contributed by atoms with Crippen LogP contribution in [0.25, 0.3) is 5.69 Å². The Labute approximate surface area is 114 Å². The molecule has 1 aromatic carbocycles. The topological polar surface area (TPSA) is 38.0 Å². The van der Waals surface area contributed by atoms with Crippen LogP contribution in [-0.4, -0.2) is 14.9 Å². The third-order valence-corrected chi connectivity index (χ3v) is 3.38. The Morgan fingerprint density at radius 3 is 2.53 bits per heavy atom. The summed E-state index contributed by atoms with van der Waals surface area (Å²) in [7, 11) is 0. The van der Waals surface area contributed by atoms with Gasteiger partial charge in [0.1, 0.15) is 0 Å². The van der Waals surface area contributed by atoms with Crippen molar-refractivity contribution >= 4 is 0 Å². The zero-order valence-electron chi connectivity index (χ0n) is 12.1. The molecule has 2 rings (SSSR count). The van der Waals surface area contributed by atoms with Gasteiger partial charge >= 0.3 is 0 Å². The van der Waals surface area contributed by atoms with Gasteiger partial charge in [0.05, 0.1) is 11.4 Å². The van der Waals surface area contributed by atoms with Crippen molar-refractivity contribution in [3.05, 3.63) is 41.1 Å². The number of hydrogen-bond acceptors (Lipinski definition) is 2. The van der Waals surface area contributed by atoms with Gasteiger partial charge in [0.15, 0.2) is 0 Å². The Bertz CT molecular complexity index is 570. The van der Waals surface area contributed by atoms with Crippen molar-refractivity contribution in [1.82, 2.24) is 9.78 Å². The van der Waals surface area contributed by atoms with E-state index in [2.05, 4.69) is 25.9 Å². The maximum absolute atomic E-state index is 10.5. The highest BCUT2D eigenvalue weighted by Crippen LogP contribution is 2.31. The van der Waals surface area contributed by atoms with Gasteiger partial charge in [0, 0.05) is 5.56 Å². The first kappa shape index (κ1) is 13.7. The van der Waals surface area contributed by atoms with Crippen LogP contribution < -0.4 is 0 Å². The molecule has 0 unspecified atom stereocenters. The van der Waals surface area contributed by atoms with Gasteiger partial charge in [0.25, 0.3) is 0 Å². The summed E-state index contributed by atoms with van der Waals surface area (Å²) < 4.78 is 1.68. The minimum atomic E-state index is 0.292. The van der Waals surface area contributed by atoms with Gasteiger partial charge in [-0.05, 0) is 30.9 Å². The summed E-state index contributed by atoms with van der Waals surface area (Å²) in [6, 6.07) is 7.99. The molecule has 3 nitrogen and oxygen atoms in total. The molecule has 0 saturated heterocycles. The van der Waals surface area contributed by atoms with Crippen LogP contribution in [0.4, 0.5) is 0 Å². The van der Waals surface area contributed by atoms with Gasteiger partial charge in [-0.2, -0.15) is 5.10 Å². The summed E-state index contributed by atoms with van der Waals surface area (Å²) in [5, 5.41) is 15.1. The largest absolute Gasteiger partial charge is 0.493 e. The number of para-hydroxylation sites is 1. The standard InChI is InChI=1S/C16H22N2O/c1-5-8-13-15(11(2)3)17-18(16(13)19)14-10-7-6-9-12(14)4/h6-7,9-11,19H,5,8H2,1-4H3. The molecule has 0 amide bonds. The highest BCUT2D eigenvalue weighted by Gasteiger charge is 2.20. The lowest BCUT2D eigenvalue weighted by atomic mass is 10.0. The average Bonchev–Trinajstić information content (AvgIpc) is 2.69. The number of hydrogen-bond donors (Lipinski definition) is 1. The molecule has 1 heterocycles. The highest BCUT2D eigenvalue weighted by molar-refractivity contribution is 5.45. The molecule has 0 aliphatic rings. The second-order valence-corrected chi connectivity index (χ2v) is 5.29. The Balaban J connectivity index is 2.59. The number of nitrogens with zero attached hydrogens (tertiary/aromatic N) is 2. The average molecular weight is 258 g/mol. The van der Waals surface area contributed by atoms with E-state index in [0.29, 0.717) is 11.8 Å². The van der Waals surface area contributed by atoms with Crippen molar-refractivity contribution in [3.8, 4) is 11.6 Å². The molecule has 0 atom stereocenters. The molecular weight excluding hydrogens is 236 g/mol. The third kappa shape index (κ3) is 2.50. The fourth-order valence-corrected chi connectivity index (χ4v) is 2.38. The highest BCUT2D eigenvalue weighted by atomic mass is 16.3. The quantitative estimate of drug-likeness (QED) is 0.901. The zero-order chi connectivity index (χ0) is 14.0. The lowest BCUT2D eigenvalue weighted by molar-refractivity contribution is 0.427. The van der Waals surface area contributed by atoms with Gasteiger partial charge in [-0.25, -0.2) is 4.68 Å². The number of benzene rings is 1. The fourth-order valence-electron chi connectivity index (χ4n) is 2.38. The predicted molar refractivity (Wildman–Crippen MR) is 78.0 cm³/mol. The molecule has 0 radical (unpaired) electrons. The van der Waals surface area contributed by atoms with E-state index in [9.17, 15) is 5.11 Å². The van der Waals surface area contributed by atoms with Crippen molar-refractivity contribution in [3.63, 3.8) is 0 Å². The van der Waals surface area contributed by atoms with Crippen molar-refractivity contribution in [2.45, 2.75) is 46.5 Å². The molecule has 2 aromatic rings. The monoisotopic (exact) mass is 258 g/mol. The second-order valence-electron chi connectivity index (χ2n) is 5.29. The van der Waals surface area contributed by atoms with Crippen molar-refractivity contribution in [2.24, 2.45) is 0 Å². The first-order valence-electron chi connectivity index (χ1n) is 6.93. The van der Waals surface area contributed by atoms with Crippen LogP contribution in [0.15, 0.2) is 24.3 Å². The summed E-state index contributed by atoms with van der Waals surface area (Å²) in [6.07, 6.45) is 1.87. The van der Waals surface area contributed by atoms with Gasteiger partial charge in [0.2, 0.25) is 5.88 Å². The van der Waals surface area contributed by atoms with Gasteiger partial charge in [-0.1, -0.05) is 45.4 Å². The van der Waals surface area contributed by atoms with Crippen LogP contribution in [0.5, 0.6) is 5.88 Å². The Hall–Kier alpha value is -1.77. The molecular formula is C16H22N2O. The number of aryl methyl sites for hydroxylation is 1. The summed E-state index contributed by atoms with van der Waals surface area (Å²) in [6.45, 7) is 8.38. The van der Waals surface area contributed by atoms with E-state index in [0.717, 1.165) is 35.3 Å². The lowest BCUT2D eigenvalue weighted by Crippen LogP contribution is -1.99. The molecule has 19 heavy (non-hydrogen) atoms. The summed E-state index contributed by atoms with van der Waals surface area (Å²) in [4.78, 5) is 0. The third-order valence-electron chi connectivity index (χ3n) is 3.38. The van der Waals surface area contributed by atoms with E-state index in [4.69, 9.17) is 0 Å². The minimum absolute atomic E-state index is 0.292. The fraction of sp³-hybridized carbons (Fsp3) is 0.438. The Kier molecular flexibility index (Phi) is 3.93. The number of aromatic hydroxyl groups is 1. The van der Waals surface area contributed by atoms with E-state index in [1.165, 1.54) is 0 Å². The smallest absolute Gasteiger partial charge is 0.217 e. The first-order chi connectivity index (χ1) is 9.06. The summed E-state index contributed by atoms with van der Waals surface area (Å²) in [5.41, 5.74) is 4.05. The normalized spacial score (nSPS) is 11.2. The summed E-state index contributed by atoms with van der Waals surface area (Å²) in [5.74, 6) is 0.609. The van der Waals surface area contributed by atoms with E-state index in [1.807, 2.05) is 31.2 Å². The molecule has 0 aliphatic heterocycles. The first-order valence-corrected chi connectivity index (χ1v) is 6.93. The molecule has 1 N–H and O–H groups in total. The summed E-state index contributed by atoms with van der Waals surface area (Å²) >= 11 is 0.